The zero-order valence-corrected chi connectivity index (χ0v) is 14.8. The summed E-state index contributed by atoms with van der Waals surface area (Å²) in [5, 5.41) is 0.687. The molecular weight excluding hydrogens is 341 g/mol. The van der Waals surface area contributed by atoms with Gasteiger partial charge in [-0.3, -0.25) is 9.69 Å². The first-order chi connectivity index (χ1) is 10.7. The lowest BCUT2D eigenvalue weighted by Gasteiger charge is -2.35. The Balaban J connectivity index is 2.25. The van der Waals surface area contributed by atoms with Gasteiger partial charge in [0, 0.05) is 17.1 Å². The monoisotopic (exact) mass is 359 g/mol. The zero-order valence-electron chi connectivity index (χ0n) is 13.3. The number of hydrogen-bond acceptors (Lipinski definition) is 4. The van der Waals surface area contributed by atoms with E-state index in [9.17, 15) is 9.59 Å². The number of halogens is 2. The van der Waals surface area contributed by atoms with Gasteiger partial charge in [-0.05, 0) is 39.0 Å². The van der Waals surface area contributed by atoms with Gasteiger partial charge in [-0.15, -0.1) is 0 Å². The molecule has 1 saturated heterocycles. The third kappa shape index (κ3) is 4.59. The van der Waals surface area contributed by atoms with E-state index in [2.05, 4.69) is 0 Å². The third-order valence-electron chi connectivity index (χ3n) is 3.25. The summed E-state index contributed by atoms with van der Waals surface area (Å²) in [6, 6.07) is 3.87. The number of morpholine rings is 1. The summed E-state index contributed by atoms with van der Waals surface area (Å²) in [6.45, 7) is 6.05. The number of Topliss-reactive ketones (excluding diaryl/α,β-unsaturated/α-hetero) is 1. The Morgan fingerprint density at radius 1 is 1.30 bits per heavy atom. The van der Waals surface area contributed by atoms with Crippen LogP contribution in [-0.4, -0.2) is 48.2 Å². The van der Waals surface area contributed by atoms with E-state index < -0.39 is 17.7 Å². The molecule has 0 N–H and O–H groups in total. The minimum absolute atomic E-state index is 0.0981. The van der Waals surface area contributed by atoms with Crippen LogP contribution in [0, 0.1) is 0 Å². The highest BCUT2D eigenvalue weighted by atomic mass is 35.5. The first kappa shape index (κ1) is 18.0. The molecule has 0 aliphatic carbocycles. The van der Waals surface area contributed by atoms with Crippen molar-refractivity contribution in [3.63, 3.8) is 0 Å². The average Bonchev–Trinajstić information content (AvgIpc) is 2.47. The molecule has 7 heteroatoms. The van der Waals surface area contributed by atoms with Crippen molar-refractivity contribution >= 4 is 35.1 Å². The molecule has 0 aromatic heterocycles. The molecular formula is C16H19Cl2NO4. The minimum atomic E-state index is -0.783. The second kappa shape index (κ2) is 7.07. The van der Waals surface area contributed by atoms with Gasteiger partial charge in [0.15, 0.2) is 5.78 Å². The summed E-state index contributed by atoms with van der Waals surface area (Å²) < 4.78 is 10.7. The fourth-order valence-corrected chi connectivity index (χ4v) is 2.61. The number of benzene rings is 1. The Hall–Kier alpha value is -1.30. The van der Waals surface area contributed by atoms with Crippen molar-refractivity contribution < 1.29 is 19.1 Å². The quantitative estimate of drug-likeness (QED) is 0.753. The zero-order chi connectivity index (χ0) is 17.2. The van der Waals surface area contributed by atoms with Crippen molar-refractivity contribution in [2.75, 3.05) is 19.8 Å². The highest BCUT2D eigenvalue weighted by Gasteiger charge is 2.36. The molecule has 0 bridgehead atoms. The predicted octanol–water partition coefficient (Wildman–Crippen LogP) is 3.81. The number of carbonyl (C=O) groups is 2. The van der Waals surface area contributed by atoms with E-state index in [4.69, 9.17) is 32.7 Å². The second-order valence-corrected chi connectivity index (χ2v) is 7.10. The average molecular weight is 360 g/mol. The molecule has 1 aromatic carbocycles. The van der Waals surface area contributed by atoms with Crippen molar-refractivity contribution in [2.45, 2.75) is 32.4 Å². The van der Waals surface area contributed by atoms with Gasteiger partial charge in [-0.25, -0.2) is 4.79 Å². The molecule has 1 heterocycles. The highest BCUT2D eigenvalue weighted by molar-refractivity contribution is 6.36. The molecule has 23 heavy (non-hydrogen) atoms. The Labute approximate surface area is 145 Å². The molecule has 0 spiro atoms. The van der Waals surface area contributed by atoms with Crippen molar-refractivity contribution in [1.82, 2.24) is 4.90 Å². The van der Waals surface area contributed by atoms with Crippen LogP contribution in [-0.2, 0) is 9.47 Å². The number of carbonyl (C=O) groups excluding carboxylic acids is 2. The number of ether oxygens (including phenoxy) is 2. The third-order valence-corrected chi connectivity index (χ3v) is 3.82. The maximum atomic E-state index is 12.8. The van der Waals surface area contributed by atoms with Crippen LogP contribution in [0.1, 0.15) is 31.1 Å². The smallest absolute Gasteiger partial charge is 0.411 e. The molecule has 1 aliphatic heterocycles. The van der Waals surface area contributed by atoms with E-state index in [1.807, 2.05) is 0 Å². The van der Waals surface area contributed by atoms with Crippen LogP contribution in [0.4, 0.5) is 4.79 Å². The summed E-state index contributed by atoms with van der Waals surface area (Å²) in [4.78, 5) is 26.5. The Bertz CT molecular complexity index is 613. The van der Waals surface area contributed by atoms with Gasteiger partial charge in [-0.1, -0.05) is 23.2 Å². The van der Waals surface area contributed by atoms with Crippen LogP contribution < -0.4 is 0 Å². The van der Waals surface area contributed by atoms with E-state index in [0.717, 1.165) is 0 Å². The highest BCUT2D eigenvalue weighted by Crippen LogP contribution is 2.25. The SMILES string of the molecule is CC(C)(C)OC(=O)N1CCOCC1C(=O)c1cc(Cl)ccc1Cl. The summed E-state index contributed by atoms with van der Waals surface area (Å²) in [5.74, 6) is -0.317. The largest absolute Gasteiger partial charge is 0.444 e. The molecule has 1 unspecified atom stereocenters. The maximum Gasteiger partial charge on any atom is 0.411 e. The number of ketones is 1. The van der Waals surface area contributed by atoms with Gasteiger partial charge >= 0.3 is 6.09 Å². The Morgan fingerprint density at radius 2 is 2.00 bits per heavy atom. The molecule has 0 radical (unpaired) electrons. The van der Waals surface area contributed by atoms with Crippen molar-refractivity contribution in [3.05, 3.63) is 33.8 Å². The number of hydrogen-bond donors (Lipinski definition) is 0. The second-order valence-electron chi connectivity index (χ2n) is 6.25. The number of rotatable bonds is 2. The van der Waals surface area contributed by atoms with Crippen molar-refractivity contribution in [3.8, 4) is 0 Å². The summed E-state index contributed by atoms with van der Waals surface area (Å²) >= 11 is 12.0. The lowest BCUT2D eigenvalue weighted by atomic mass is 10.0. The molecule has 1 atom stereocenters. The van der Waals surface area contributed by atoms with Crippen LogP contribution in [0.2, 0.25) is 10.0 Å². The number of amides is 1. The van der Waals surface area contributed by atoms with Gasteiger partial charge in [0.2, 0.25) is 0 Å². The van der Waals surface area contributed by atoms with Gasteiger partial charge < -0.3 is 9.47 Å². The van der Waals surface area contributed by atoms with Crippen molar-refractivity contribution in [2.24, 2.45) is 0 Å². The first-order valence-electron chi connectivity index (χ1n) is 7.25. The summed E-state index contributed by atoms with van der Waals surface area (Å²) in [7, 11) is 0. The number of nitrogens with zero attached hydrogens (tertiary/aromatic N) is 1. The molecule has 126 valence electrons. The fraction of sp³-hybridized carbons (Fsp3) is 0.500. The van der Waals surface area contributed by atoms with Gasteiger partial charge in [0.1, 0.15) is 11.6 Å². The predicted molar refractivity (Wildman–Crippen MR) is 88.3 cm³/mol. The lowest BCUT2D eigenvalue weighted by molar-refractivity contribution is -0.0265. The van der Waals surface area contributed by atoms with Gasteiger partial charge in [0.05, 0.1) is 18.2 Å². The fourth-order valence-electron chi connectivity index (χ4n) is 2.23. The summed E-state index contributed by atoms with van der Waals surface area (Å²) in [5.41, 5.74) is -0.375. The molecule has 1 aromatic rings. The molecule has 5 nitrogen and oxygen atoms in total. The molecule has 1 aliphatic rings. The maximum absolute atomic E-state index is 12.8. The molecule has 1 amide bonds. The van der Waals surface area contributed by atoms with Crippen LogP contribution in [0.3, 0.4) is 0 Å². The van der Waals surface area contributed by atoms with Crippen molar-refractivity contribution in [1.29, 1.82) is 0 Å². The van der Waals surface area contributed by atoms with Gasteiger partial charge in [-0.2, -0.15) is 0 Å². The molecule has 2 rings (SSSR count). The Kier molecular flexibility index (Phi) is 5.55. The van der Waals surface area contributed by atoms with E-state index in [0.29, 0.717) is 11.6 Å². The Morgan fingerprint density at radius 3 is 2.65 bits per heavy atom. The van der Waals surface area contributed by atoms with E-state index in [-0.39, 0.29) is 29.5 Å². The summed E-state index contributed by atoms with van der Waals surface area (Å²) in [6.07, 6.45) is -0.544. The lowest BCUT2D eigenvalue weighted by Crippen LogP contribution is -2.53. The standard InChI is InChI=1S/C16H19Cl2NO4/c1-16(2,3)23-15(21)19-6-7-22-9-13(19)14(20)11-8-10(17)4-5-12(11)18/h4-5,8,13H,6-7,9H2,1-3H3. The van der Waals surface area contributed by atoms with E-state index in [1.165, 1.54) is 11.0 Å². The minimum Gasteiger partial charge on any atom is -0.444 e. The molecule has 0 saturated carbocycles. The van der Waals surface area contributed by atoms with E-state index in [1.54, 1.807) is 32.9 Å². The van der Waals surface area contributed by atoms with E-state index >= 15 is 0 Å². The topological polar surface area (TPSA) is 55.8 Å². The van der Waals surface area contributed by atoms with Crippen LogP contribution in [0.5, 0.6) is 0 Å². The molecule has 1 fully saturated rings. The van der Waals surface area contributed by atoms with Gasteiger partial charge in [0.25, 0.3) is 0 Å². The first-order valence-corrected chi connectivity index (χ1v) is 8.01. The van der Waals surface area contributed by atoms with Crippen LogP contribution >= 0.6 is 23.2 Å². The van der Waals surface area contributed by atoms with Crippen LogP contribution in [0.15, 0.2) is 18.2 Å². The normalized spacial score (nSPS) is 18.7. The van der Waals surface area contributed by atoms with Crippen LogP contribution in [0.25, 0.3) is 0 Å².